The molecule has 2 aliphatic rings. The van der Waals surface area contributed by atoms with Crippen LogP contribution in [0.25, 0.3) is 0 Å². The van der Waals surface area contributed by atoms with E-state index in [4.69, 9.17) is 9.47 Å². The molecule has 4 rings (SSSR count). The second kappa shape index (κ2) is 8.99. The summed E-state index contributed by atoms with van der Waals surface area (Å²) in [5.41, 5.74) is 1.11. The quantitative estimate of drug-likeness (QED) is 0.692. The molecule has 0 bridgehead atoms. The number of rotatable bonds is 5. The zero-order valence-corrected chi connectivity index (χ0v) is 17.0. The van der Waals surface area contributed by atoms with Crippen molar-refractivity contribution in [3.05, 3.63) is 83.5 Å². The van der Waals surface area contributed by atoms with E-state index in [1.165, 1.54) is 0 Å². The van der Waals surface area contributed by atoms with E-state index in [2.05, 4.69) is 12.2 Å². The Morgan fingerprint density at radius 2 is 1.54 bits per heavy atom. The Morgan fingerprint density at radius 3 is 2.32 bits per heavy atom. The van der Waals surface area contributed by atoms with Gasteiger partial charge >= 0.3 is 0 Å². The van der Waals surface area contributed by atoms with Crippen LogP contribution in [0.2, 0.25) is 0 Å². The zero-order chi connectivity index (χ0) is 19.3. The van der Waals surface area contributed by atoms with Crippen molar-refractivity contribution in [3.8, 4) is 0 Å². The predicted molar refractivity (Wildman–Crippen MR) is 110 cm³/mol. The lowest BCUT2D eigenvalue weighted by Crippen LogP contribution is -2.33. The molecule has 0 radical (unpaired) electrons. The van der Waals surface area contributed by atoms with E-state index in [1.807, 2.05) is 42.5 Å². The van der Waals surface area contributed by atoms with Gasteiger partial charge in [0.1, 0.15) is 11.9 Å². The molecule has 2 unspecified atom stereocenters. The molecule has 2 aromatic rings. The Kier molecular flexibility index (Phi) is 6.20. The van der Waals surface area contributed by atoms with Gasteiger partial charge in [0.25, 0.3) is 0 Å². The van der Waals surface area contributed by atoms with Crippen molar-refractivity contribution in [2.75, 3.05) is 5.75 Å². The first-order valence-electron chi connectivity index (χ1n) is 9.26. The molecule has 4 nitrogen and oxygen atoms in total. The van der Waals surface area contributed by atoms with Crippen LogP contribution in [0.5, 0.6) is 0 Å². The third-order valence-corrected chi connectivity index (χ3v) is 7.54. The third kappa shape index (κ3) is 4.51. The second-order valence-corrected chi connectivity index (χ2v) is 9.44. The predicted octanol–water partition coefficient (Wildman–Crippen LogP) is 4.08. The number of hydrogen-bond donors (Lipinski definition) is 0. The minimum absolute atomic E-state index is 0.0985. The fourth-order valence-corrected chi connectivity index (χ4v) is 6.03. The third-order valence-electron chi connectivity index (χ3n) is 4.75. The summed E-state index contributed by atoms with van der Waals surface area (Å²) in [5, 5.41) is 1.59. The van der Waals surface area contributed by atoms with Gasteiger partial charge in [-0.1, -0.05) is 54.6 Å². The lowest BCUT2D eigenvalue weighted by molar-refractivity contribution is -0.0578. The lowest BCUT2D eigenvalue weighted by Gasteiger charge is -2.30. The summed E-state index contributed by atoms with van der Waals surface area (Å²) in [6.45, 7) is 0.515. The monoisotopic (exact) mass is 414 g/mol. The van der Waals surface area contributed by atoms with Crippen LogP contribution >= 0.6 is 0 Å². The van der Waals surface area contributed by atoms with Gasteiger partial charge in [0.05, 0.1) is 49.9 Å². The standard InChI is InChI=1S/C22H22O4S2/c23-27-15-18(16-28(24)22-13-7-6-12-21(22)27)26-20-11-5-4-10-19(20)25-14-17-8-2-1-3-9-17/h1-9,12-13,15,19-20H,10-11,14,16H2/t19-,20+,27?,28?/m1/s1. The smallest absolute Gasteiger partial charge is 0.128 e. The Hall–Kier alpha value is -2.02. The molecule has 1 aliphatic heterocycles. The van der Waals surface area contributed by atoms with Gasteiger partial charge in [-0.2, -0.15) is 0 Å². The van der Waals surface area contributed by atoms with Crippen LogP contribution in [-0.2, 0) is 37.7 Å². The van der Waals surface area contributed by atoms with E-state index in [9.17, 15) is 8.42 Å². The first kappa shape index (κ1) is 19.3. The van der Waals surface area contributed by atoms with Crippen LogP contribution in [0.15, 0.2) is 87.7 Å². The molecule has 0 amide bonds. The van der Waals surface area contributed by atoms with Crippen LogP contribution in [-0.4, -0.2) is 26.4 Å². The Bertz CT molecular complexity index is 937. The number of fused-ring (bicyclic) bond motifs is 1. The van der Waals surface area contributed by atoms with Gasteiger partial charge in [0, 0.05) is 11.8 Å². The van der Waals surface area contributed by atoms with E-state index in [-0.39, 0.29) is 18.0 Å². The van der Waals surface area contributed by atoms with E-state index >= 15 is 0 Å². The molecule has 1 aliphatic carbocycles. The molecule has 0 saturated heterocycles. The average Bonchev–Trinajstić information content (AvgIpc) is 2.85. The molecule has 28 heavy (non-hydrogen) atoms. The highest BCUT2D eigenvalue weighted by Crippen LogP contribution is 2.28. The van der Waals surface area contributed by atoms with Crippen molar-refractivity contribution in [2.24, 2.45) is 0 Å². The highest BCUT2D eigenvalue weighted by atomic mass is 32.2. The van der Waals surface area contributed by atoms with Gasteiger partial charge in [-0.25, -0.2) is 4.21 Å². The summed E-state index contributed by atoms with van der Waals surface area (Å²) in [5.74, 6) is 0.746. The summed E-state index contributed by atoms with van der Waals surface area (Å²) in [7, 11) is -2.65. The molecule has 0 aromatic heterocycles. The molecular formula is C22H22O4S2. The van der Waals surface area contributed by atoms with Crippen LogP contribution in [0.1, 0.15) is 18.4 Å². The minimum Gasteiger partial charge on any atom is -0.490 e. The molecule has 0 N–H and O–H groups in total. The largest absolute Gasteiger partial charge is 0.490 e. The van der Waals surface area contributed by atoms with Crippen LogP contribution in [0.4, 0.5) is 0 Å². The topological polar surface area (TPSA) is 52.6 Å². The highest BCUT2D eigenvalue weighted by Gasteiger charge is 2.28. The molecule has 0 saturated carbocycles. The van der Waals surface area contributed by atoms with E-state index < -0.39 is 21.6 Å². The summed E-state index contributed by atoms with van der Waals surface area (Å²) in [4.78, 5) is 1.22. The van der Waals surface area contributed by atoms with Crippen molar-refractivity contribution in [1.82, 2.24) is 0 Å². The maximum atomic E-state index is 12.7. The zero-order valence-electron chi connectivity index (χ0n) is 15.4. The Balaban J connectivity index is 1.47. The molecule has 2 aromatic carbocycles. The summed E-state index contributed by atoms with van der Waals surface area (Å²) < 4.78 is 37.7. The molecule has 6 heteroatoms. The van der Waals surface area contributed by atoms with Gasteiger partial charge in [0.2, 0.25) is 0 Å². The fraction of sp³-hybridized carbons (Fsp3) is 0.273. The molecule has 1 heterocycles. The maximum absolute atomic E-state index is 12.7. The van der Waals surface area contributed by atoms with Crippen molar-refractivity contribution in [1.29, 1.82) is 0 Å². The molecule has 0 spiro atoms. The van der Waals surface area contributed by atoms with Crippen molar-refractivity contribution >= 4 is 21.6 Å². The van der Waals surface area contributed by atoms with Crippen LogP contribution in [0.3, 0.4) is 0 Å². The SMILES string of the molecule is O=S1C=C(O[C@H]2CC=CC[C@H]2OCc2ccccc2)CS(=O)c2ccccc21. The Labute approximate surface area is 170 Å². The first-order chi connectivity index (χ1) is 13.7. The average molecular weight is 415 g/mol. The number of ether oxygens (including phenoxy) is 2. The lowest BCUT2D eigenvalue weighted by atomic mass is 10.0. The van der Waals surface area contributed by atoms with Gasteiger partial charge in [-0.05, 0) is 24.1 Å². The van der Waals surface area contributed by atoms with Gasteiger partial charge < -0.3 is 9.47 Å². The summed E-state index contributed by atoms with van der Waals surface area (Å²) >= 11 is 0. The van der Waals surface area contributed by atoms with Gasteiger partial charge in [-0.15, -0.1) is 0 Å². The maximum Gasteiger partial charge on any atom is 0.128 e. The molecular weight excluding hydrogens is 392 g/mol. The van der Waals surface area contributed by atoms with Crippen LogP contribution < -0.4 is 0 Å². The van der Waals surface area contributed by atoms with Crippen LogP contribution in [0, 0.1) is 0 Å². The minimum atomic E-state index is -1.37. The normalized spacial score (nSPS) is 26.8. The first-order valence-corrected chi connectivity index (χ1v) is 11.8. The van der Waals surface area contributed by atoms with Crippen molar-refractivity contribution < 1.29 is 17.9 Å². The van der Waals surface area contributed by atoms with E-state index in [1.54, 1.807) is 17.5 Å². The highest BCUT2D eigenvalue weighted by molar-refractivity contribution is 7.90. The fourth-order valence-electron chi connectivity index (χ4n) is 3.33. The van der Waals surface area contributed by atoms with Gasteiger partial charge in [0.15, 0.2) is 0 Å². The Morgan fingerprint density at radius 1 is 0.857 bits per heavy atom. The van der Waals surface area contributed by atoms with Gasteiger partial charge in [-0.3, -0.25) is 4.21 Å². The molecule has 4 atom stereocenters. The molecule has 0 fully saturated rings. The van der Waals surface area contributed by atoms with Crippen molar-refractivity contribution in [3.63, 3.8) is 0 Å². The number of benzene rings is 2. The van der Waals surface area contributed by atoms with E-state index in [0.29, 0.717) is 28.6 Å². The summed E-state index contributed by atoms with van der Waals surface area (Å²) in [6, 6.07) is 17.2. The van der Waals surface area contributed by atoms with Crippen molar-refractivity contribution in [2.45, 2.75) is 41.4 Å². The summed E-state index contributed by atoms with van der Waals surface area (Å²) in [6.07, 6.45) is 5.37. The number of hydrogen-bond acceptors (Lipinski definition) is 4. The van der Waals surface area contributed by atoms with E-state index in [0.717, 1.165) is 12.0 Å². The second-order valence-electron chi connectivity index (χ2n) is 6.75. The molecule has 146 valence electrons.